The van der Waals surface area contributed by atoms with Gasteiger partial charge in [0.15, 0.2) is 5.57 Å². The van der Waals surface area contributed by atoms with Crippen molar-refractivity contribution in [3.05, 3.63) is 10.6 Å². The highest BCUT2D eigenvalue weighted by Gasteiger charge is 2.14. The van der Waals surface area contributed by atoms with Gasteiger partial charge in [-0.25, -0.2) is 4.79 Å². The lowest BCUT2D eigenvalue weighted by atomic mass is 10.3. The van der Waals surface area contributed by atoms with Gasteiger partial charge in [0.2, 0.25) is 0 Å². The van der Waals surface area contributed by atoms with Crippen LogP contribution in [0, 0.1) is 11.3 Å². The van der Waals surface area contributed by atoms with Crippen LogP contribution in [0.2, 0.25) is 0 Å². The van der Waals surface area contributed by atoms with Crippen molar-refractivity contribution < 1.29 is 9.53 Å². The second-order valence-electron chi connectivity index (χ2n) is 1.99. The largest absolute Gasteiger partial charge is 0.462 e. The van der Waals surface area contributed by atoms with Crippen LogP contribution in [0.5, 0.6) is 0 Å². The van der Waals surface area contributed by atoms with Crippen molar-refractivity contribution in [3.8, 4) is 6.07 Å². The fourth-order valence-corrected chi connectivity index (χ4v) is 1.26. The Hall–Kier alpha value is -1.15. The highest BCUT2D eigenvalue weighted by atomic mass is 32.2. The van der Waals surface area contributed by atoms with E-state index in [1.807, 2.05) is 6.07 Å². The zero-order valence-corrected chi connectivity index (χ0v) is 8.70. The maximum absolute atomic E-state index is 11.2. The summed E-state index contributed by atoms with van der Waals surface area (Å²) in [5.74, 6) is -0.580. The molecule has 0 spiro atoms. The molecule has 0 aliphatic heterocycles. The minimum atomic E-state index is -0.580. The number of nitrogens with one attached hydrogen (secondary N) is 1. The maximum Gasteiger partial charge on any atom is 0.351 e. The Morgan fingerprint density at radius 3 is 2.62 bits per heavy atom. The quantitative estimate of drug-likeness (QED) is 0.414. The average Bonchev–Trinajstić information content (AvgIpc) is 2.14. The summed E-state index contributed by atoms with van der Waals surface area (Å²) in [5, 5.41) is 12.0. The summed E-state index contributed by atoms with van der Waals surface area (Å²) in [4.78, 5) is 11.2. The van der Waals surface area contributed by atoms with E-state index < -0.39 is 5.97 Å². The Bertz CT molecular complexity index is 249. The van der Waals surface area contributed by atoms with Crippen molar-refractivity contribution in [2.24, 2.45) is 0 Å². The van der Waals surface area contributed by atoms with Crippen LogP contribution in [0.15, 0.2) is 10.6 Å². The molecule has 0 amide bonds. The molecule has 0 aromatic carbocycles. The van der Waals surface area contributed by atoms with Crippen molar-refractivity contribution in [2.45, 2.75) is 6.92 Å². The van der Waals surface area contributed by atoms with E-state index in [0.717, 1.165) is 0 Å². The van der Waals surface area contributed by atoms with Gasteiger partial charge in [-0.2, -0.15) is 5.26 Å². The molecule has 4 nitrogen and oxygen atoms in total. The predicted octanol–water partition coefficient (Wildman–Crippen LogP) is 0.867. The monoisotopic (exact) mass is 200 g/mol. The Balaban J connectivity index is 4.77. The fraction of sp³-hybridized carbons (Fsp3) is 0.500. The Kier molecular flexibility index (Phi) is 5.81. The molecular formula is C8H12N2O2S. The van der Waals surface area contributed by atoms with E-state index in [1.54, 1.807) is 20.2 Å². The van der Waals surface area contributed by atoms with E-state index in [0.29, 0.717) is 5.03 Å². The van der Waals surface area contributed by atoms with Gasteiger partial charge in [0.1, 0.15) is 6.07 Å². The number of carbonyl (C=O) groups is 1. The maximum atomic E-state index is 11.2. The summed E-state index contributed by atoms with van der Waals surface area (Å²) in [5.41, 5.74) is 0.0249. The van der Waals surface area contributed by atoms with E-state index in [4.69, 9.17) is 10.00 Å². The van der Waals surface area contributed by atoms with Crippen LogP contribution in [-0.2, 0) is 9.53 Å². The van der Waals surface area contributed by atoms with Crippen molar-refractivity contribution in [2.75, 3.05) is 19.9 Å². The number of carbonyl (C=O) groups excluding carboxylic acids is 1. The van der Waals surface area contributed by atoms with Gasteiger partial charge in [0.25, 0.3) is 0 Å². The fourth-order valence-electron chi connectivity index (χ4n) is 0.722. The zero-order chi connectivity index (χ0) is 10.3. The number of nitriles is 1. The van der Waals surface area contributed by atoms with E-state index in [-0.39, 0.29) is 12.2 Å². The van der Waals surface area contributed by atoms with Gasteiger partial charge in [-0.3, -0.25) is 0 Å². The molecule has 72 valence electrons. The summed E-state index contributed by atoms with van der Waals surface area (Å²) >= 11 is 1.30. The van der Waals surface area contributed by atoms with Gasteiger partial charge >= 0.3 is 5.97 Å². The van der Waals surface area contributed by atoms with Crippen molar-refractivity contribution >= 4 is 17.7 Å². The smallest absolute Gasteiger partial charge is 0.351 e. The van der Waals surface area contributed by atoms with Crippen LogP contribution in [0.25, 0.3) is 0 Å². The van der Waals surface area contributed by atoms with Gasteiger partial charge < -0.3 is 10.1 Å². The molecule has 0 unspecified atom stereocenters. The first-order valence-corrected chi connectivity index (χ1v) is 4.96. The number of hydrogen-bond donors (Lipinski definition) is 1. The third-order valence-electron chi connectivity index (χ3n) is 1.25. The van der Waals surface area contributed by atoms with Gasteiger partial charge in [-0.05, 0) is 13.2 Å². The molecule has 0 aromatic rings. The molecule has 0 rings (SSSR count). The number of rotatable bonds is 4. The third-order valence-corrected chi connectivity index (χ3v) is 2.07. The van der Waals surface area contributed by atoms with Gasteiger partial charge in [-0.1, -0.05) is 0 Å². The van der Waals surface area contributed by atoms with E-state index in [9.17, 15) is 4.79 Å². The van der Waals surface area contributed by atoms with Crippen molar-refractivity contribution in [1.82, 2.24) is 5.32 Å². The molecule has 0 heterocycles. The van der Waals surface area contributed by atoms with Gasteiger partial charge in [0.05, 0.1) is 11.6 Å². The van der Waals surface area contributed by atoms with Crippen LogP contribution in [-0.4, -0.2) is 25.9 Å². The van der Waals surface area contributed by atoms with E-state index in [1.165, 1.54) is 11.8 Å². The van der Waals surface area contributed by atoms with Gasteiger partial charge in [0, 0.05) is 7.05 Å². The molecule has 5 heteroatoms. The minimum Gasteiger partial charge on any atom is -0.462 e. The SMILES string of the molecule is CCOC(=O)C(C#N)=C(NC)SC. The molecule has 0 aliphatic carbocycles. The zero-order valence-electron chi connectivity index (χ0n) is 7.88. The van der Waals surface area contributed by atoms with Crippen molar-refractivity contribution in [3.63, 3.8) is 0 Å². The highest BCUT2D eigenvalue weighted by Crippen LogP contribution is 2.13. The van der Waals surface area contributed by atoms with Crippen LogP contribution in [0.3, 0.4) is 0 Å². The average molecular weight is 200 g/mol. The summed E-state index contributed by atoms with van der Waals surface area (Å²) in [6.45, 7) is 1.97. The lowest BCUT2D eigenvalue weighted by Crippen LogP contribution is -2.14. The number of esters is 1. The van der Waals surface area contributed by atoms with E-state index in [2.05, 4.69) is 5.32 Å². The predicted molar refractivity (Wildman–Crippen MR) is 51.8 cm³/mol. The molecule has 0 saturated carbocycles. The lowest BCUT2D eigenvalue weighted by Gasteiger charge is -2.05. The molecule has 0 fully saturated rings. The summed E-state index contributed by atoms with van der Waals surface area (Å²) in [6.07, 6.45) is 1.78. The Morgan fingerprint density at radius 1 is 1.69 bits per heavy atom. The van der Waals surface area contributed by atoms with Gasteiger partial charge in [-0.15, -0.1) is 11.8 Å². The van der Waals surface area contributed by atoms with Crippen LogP contribution >= 0.6 is 11.8 Å². The third kappa shape index (κ3) is 3.38. The van der Waals surface area contributed by atoms with E-state index >= 15 is 0 Å². The second kappa shape index (κ2) is 6.38. The Morgan fingerprint density at radius 2 is 2.31 bits per heavy atom. The van der Waals surface area contributed by atoms with Crippen molar-refractivity contribution in [1.29, 1.82) is 5.26 Å². The topological polar surface area (TPSA) is 62.1 Å². The van der Waals surface area contributed by atoms with Crippen LogP contribution < -0.4 is 5.32 Å². The number of hydrogen-bond acceptors (Lipinski definition) is 5. The molecule has 0 bridgehead atoms. The molecule has 0 aliphatic rings. The summed E-state index contributed by atoms with van der Waals surface area (Å²) < 4.78 is 4.71. The molecule has 0 aromatic heterocycles. The summed E-state index contributed by atoms with van der Waals surface area (Å²) in [6, 6.07) is 1.81. The standard InChI is InChI=1S/C8H12N2O2S/c1-4-12-8(11)6(5-9)7(10-2)13-3/h10H,4H2,1-3H3. The number of thioether (sulfide) groups is 1. The van der Waals surface area contributed by atoms with Crippen LogP contribution in [0.4, 0.5) is 0 Å². The highest BCUT2D eigenvalue weighted by molar-refractivity contribution is 8.02. The molecule has 13 heavy (non-hydrogen) atoms. The lowest BCUT2D eigenvalue weighted by molar-refractivity contribution is -0.138. The second-order valence-corrected chi connectivity index (χ2v) is 2.81. The molecule has 0 saturated heterocycles. The summed E-state index contributed by atoms with van der Waals surface area (Å²) in [7, 11) is 1.66. The first-order valence-electron chi connectivity index (χ1n) is 3.74. The first-order chi connectivity index (χ1) is 6.21. The molecular weight excluding hydrogens is 188 g/mol. The first kappa shape index (κ1) is 11.8. The normalized spacial score (nSPS) is 11.2. The Labute approximate surface area is 81.9 Å². The van der Waals surface area contributed by atoms with Crippen LogP contribution in [0.1, 0.15) is 6.92 Å². The number of nitrogens with zero attached hydrogens (tertiary/aromatic N) is 1. The molecule has 1 N–H and O–H groups in total. The number of ether oxygens (including phenoxy) is 1. The molecule has 0 atom stereocenters. The molecule has 0 radical (unpaired) electrons. The minimum absolute atomic E-state index is 0.0249.